The SMILES string of the molecule is CCCN(CCCCCCCN)CCN(C)C. The van der Waals surface area contributed by atoms with Gasteiger partial charge in [0.1, 0.15) is 0 Å². The van der Waals surface area contributed by atoms with E-state index in [1.54, 1.807) is 0 Å². The van der Waals surface area contributed by atoms with E-state index in [9.17, 15) is 0 Å². The summed E-state index contributed by atoms with van der Waals surface area (Å²) in [5.74, 6) is 0. The standard InChI is InChI=1S/C14H33N3/c1-4-11-17(14-13-16(2)3)12-9-7-5-6-8-10-15/h4-15H2,1-3H3. The van der Waals surface area contributed by atoms with Crippen LogP contribution in [0.25, 0.3) is 0 Å². The van der Waals surface area contributed by atoms with Crippen LogP contribution >= 0.6 is 0 Å². The van der Waals surface area contributed by atoms with Gasteiger partial charge < -0.3 is 15.5 Å². The molecule has 3 heteroatoms. The molecule has 0 saturated heterocycles. The Hall–Kier alpha value is -0.120. The van der Waals surface area contributed by atoms with Gasteiger partial charge in [-0.1, -0.05) is 26.2 Å². The number of nitrogens with two attached hydrogens (primary N) is 1. The zero-order valence-electron chi connectivity index (χ0n) is 12.2. The molecule has 0 heterocycles. The molecule has 0 aliphatic rings. The highest BCUT2D eigenvalue weighted by atomic mass is 15.2. The number of rotatable bonds is 12. The molecule has 0 aliphatic carbocycles. The molecule has 3 nitrogen and oxygen atoms in total. The van der Waals surface area contributed by atoms with E-state index in [2.05, 4.69) is 30.8 Å². The topological polar surface area (TPSA) is 32.5 Å². The van der Waals surface area contributed by atoms with Crippen molar-refractivity contribution in [2.45, 2.75) is 45.4 Å². The normalized spacial score (nSPS) is 11.6. The molecular formula is C14H33N3. The predicted octanol–water partition coefficient (Wildman–Crippen LogP) is 2.17. The van der Waals surface area contributed by atoms with Crippen LogP contribution in [0.5, 0.6) is 0 Å². The maximum Gasteiger partial charge on any atom is 0.0109 e. The molecule has 0 spiro atoms. The Bertz CT molecular complexity index is 148. The first kappa shape index (κ1) is 16.9. The summed E-state index contributed by atoms with van der Waals surface area (Å²) < 4.78 is 0. The summed E-state index contributed by atoms with van der Waals surface area (Å²) in [5.41, 5.74) is 5.49. The Morgan fingerprint density at radius 3 is 2.00 bits per heavy atom. The first-order chi connectivity index (χ1) is 8.20. The quantitative estimate of drug-likeness (QED) is 0.533. The van der Waals surface area contributed by atoms with Crippen LogP contribution in [0.2, 0.25) is 0 Å². The average molecular weight is 243 g/mol. The van der Waals surface area contributed by atoms with Crippen molar-refractivity contribution in [3.8, 4) is 0 Å². The highest BCUT2D eigenvalue weighted by Crippen LogP contribution is 2.04. The molecular weight excluding hydrogens is 210 g/mol. The van der Waals surface area contributed by atoms with Gasteiger partial charge in [0.25, 0.3) is 0 Å². The fourth-order valence-corrected chi connectivity index (χ4v) is 2.00. The fourth-order valence-electron chi connectivity index (χ4n) is 2.00. The van der Waals surface area contributed by atoms with Gasteiger partial charge in [-0.15, -0.1) is 0 Å². The Labute approximate surface area is 108 Å². The van der Waals surface area contributed by atoms with Crippen molar-refractivity contribution in [2.24, 2.45) is 5.73 Å². The highest BCUT2D eigenvalue weighted by molar-refractivity contribution is 4.59. The minimum atomic E-state index is 0.852. The molecule has 0 aromatic heterocycles. The van der Waals surface area contributed by atoms with Crippen molar-refractivity contribution < 1.29 is 0 Å². The first-order valence-electron chi connectivity index (χ1n) is 7.27. The third-order valence-electron chi connectivity index (χ3n) is 3.08. The van der Waals surface area contributed by atoms with Crippen LogP contribution in [0.15, 0.2) is 0 Å². The number of hydrogen-bond acceptors (Lipinski definition) is 3. The van der Waals surface area contributed by atoms with Crippen LogP contribution in [-0.4, -0.2) is 56.6 Å². The van der Waals surface area contributed by atoms with Gasteiger partial charge in [0.05, 0.1) is 0 Å². The molecule has 0 atom stereocenters. The molecule has 0 amide bonds. The van der Waals surface area contributed by atoms with Crippen LogP contribution in [0.1, 0.15) is 45.4 Å². The van der Waals surface area contributed by atoms with Gasteiger partial charge in [-0.2, -0.15) is 0 Å². The lowest BCUT2D eigenvalue weighted by Gasteiger charge is -2.23. The predicted molar refractivity (Wildman–Crippen MR) is 77.4 cm³/mol. The highest BCUT2D eigenvalue weighted by Gasteiger charge is 2.03. The van der Waals surface area contributed by atoms with Crippen LogP contribution < -0.4 is 5.73 Å². The van der Waals surface area contributed by atoms with E-state index in [0.717, 1.165) is 6.54 Å². The van der Waals surface area contributed by atoms with E-state index in [0.29, 0.717) is 0 Å². The second-order valence-corrected chi connectivity index (χ2v) is 5.20. The Morgan fingerprint density at radius 1 is 0.765 bits per heavy atom. The largest absolute Gasteiger partial charge is 0.330 e. The van der Waals surface area contributed by atoms with Crippen LogP contribution in [0.4, 0.5) is 0 Å². The summed E-state index contributed by atoms with van der Waals surface area (Å²) in [6.07, 6.45) is 7.83. The minimum absolute atomic E-state index is 0.852. The maximum absolute atomic E-state index is 5.49. The van der Waals surface area contributed by atoms with Crippen molar-refractivity contribution in [1.82, 2.24) is 9.80 Å². The Balaban J connectivity index is 3.48. The molecule has 0 aromatic carbocycles. The molecule has 0 rings (SSSR count). The summed E-state index contributed by atoms with van der Waals surface area (Å²) in [6.45, 7) is 8.02. The molecule has 0 aliphatic heterocycles. The molecule has 2 N–H and O–H groups in total. The summed E-state index contributed by atoms with van der Waals surface area (Å²) >= 11 is 0. The van der Waals surface area contributed by atoms with Crippen LogP contribution in [0, 0.1) is 0 Å². The van der Waals surface area contributed by atoms with Crippen molar-refractivity contribution in [2.75, 3.05) is 46.8 Å². The number of likely N-dealkylation sites (N-methyl/N-ethyl adjacent to an activating group) is 1. The first-order valence-corrected chi connectivity index (χ1v) is 7.27. The van der Waals surface area contributed by atoms with Crippen LogP contribution in [0.3, 0.4) is 0 Å². The lowest BCUT2D eigenvalue weighted by Crippen LogP contribution is -2.33. The van der Waals surface area contributed by atoms with Gasteiger partial charge in [0.2, 0.25) is 0 Å². The number of hydrogen-bond donors (Lipinski definition) is 1. The van der Waals surface area contributed by atoms with E-state index >= 15 is 0 Å². The third kappa shape index (κ3) is 12.1. The van der Waals surface area contributed by atoms with Gasteiger partial charge in [-0.25, -0.2) is 0 Å². The fraction of sp³-hybridized carbons (Fsp3) is 1.00. The van der Waals surface area contributed by atoms with Crippen molar-refractivity contribution in [1.29, 1.82) is 0 Å². The van der Waals surface area contributed by atoms with Crippen LogP contribution in [-0.2, 0) is 0 Å². The third-order valence-corrected chi connectivity index (χ3v) is 3.08. The summed E-state index contributed by atoms with van der Waals surface area (Å²) in [5, 5.41) is 0. The van der Waals surface area contributed by atoms with Gasteiger partial charge >= 0.3 is 0 Å². The zero-order valence-corrected chi connectivity index (χ0v) is 12.2. The number of nitrogens with zero attached hydrogens (tertiary/aromatic N) is 2. The molecule has 0 aromatic rings. The minimum Gasteiger partial charge on any atom is -0.330 e. The molecule has 0 radical (unpaired) electrons. The molecule has 17 heavy (non-hydrogen) atoms. The van der Waals surface area contributed by atoms with Gasteiger partial charge in [0.15, 0.2) is 0 Å². The average Bonchev–Trinajstić information content (AvgIpc) is 2.30. The zero-order chi connectivity index (χ0) is 12.9. The lowest BCUT2D eigenvalue weighted by atomic mass is 10.1. The van der Waals surface area contributed by atoms with Crippen molar-refractivity contribution in [3.63, 3.8) is 0 Å². The number of unbranched alkanes of at least 4 members (excludes halogenated alkanes) is 4. The maximum atomic E-state index is 5.49. The molecule has 0 bridgehead atoms. The smallest absolute Gasteiger partial charge is 0.0109 e. The van der Waals surface area contributed by atoms with E-state index in [4.69, 9.17) is 5.73 Å². The molecule has 0 fully saturated rings. The van der Waals surface area contributed by atoms with E-state index < -0.39 is 0 Å². The van der Waals surface area contributed by atoms with Gasteiger partial charge in [-0.3, -0.25) is 0 Å². The van der Waals surface area contributed by atoms with Crippen molar-refractivity contribution in [3.05, 3.63) is 0 Å². The Kier molecular flexibility index (Phi) is 12.3. The monoisotopic (exact) mass is 243 g/mol. The second kappa shape index (κ2) is 12.3. The molecule has 0 unspecified atom stereocenters. The van der Waals surface area contributed by atoms with Crippen molar-refractivity contribution >= 4 is 0 Å². The summed E-state index contributed by atoms with van der Waals surface area (Å²) in [6, 6.07) is 0. The Morgan fingerprint density at radius 2 is 1.41 bits per heavy atom. The van der Waals surface area contributed by atoms with E-state index in [-0.39, 0.29) is 0 Å². The van der Waals surface area contributed by atoms with Gasteiger partial charge in [0, 0.05) is 13.1 Å². The van der Waals surface area contributed by atoms with E-state index in [1.165, 1.54) is 64.7 Å². The van der Waals surface area contributed by atoms with E-state index in [1.807, 2.05) is 0 Å². The molecule has 0 saturated carbocycles. The lowest BCUT2D eigenvalue weighted by molar-refractivity contribution is 0.236. The summed E-state index contributed by atoms with van der Waals surface area (Å²) in [4.78, 5) is 4.87. The van der Waals surface area contributed by atoms with Gasteiger partial charge in [-0.05, 0) is 53.0 Å². The summed E-state index contributed by atoms with van der Waals surface area (Å²) in [7, 11) is 4.30. The second-order valence-electron chi connectivity index (χ2n) is 5.20. The molecule has 104 valence electrons.